The van der Waals surface area contributed by atoms with Crippen molar-refractivity contribution < 1.29 is 0 Å². The minimum absolute atomic E-state index is 0.526. The summed E-state index contributed by atoms with van der Waals surface area (Å²) in [6.07, 6.45) is 6.96. The largest absolute Gasteiger partial charge is 0.329 e. The average molecular weight is 261 g/mol. The van der Waals surface area contributed by atoms with Gasteiger partial charge in [0.2, 0.25) is 0 Å². The van der Waals surface area contributed by atoms with E-state index in [1.807, 2.05) is 6.20 Å². The summed E-state index contributed by atoms with van der Waals surface area (Å²) in [5.74, 6) is 0.857. The number of pyridine rings is 1. The molecule has 0 bridgehead atoms. The molecule has 0 radical (unpaired) electrons. The van der Waals surface area contributed by atoms with Crippen molar-refractivity contribution in [2.24, 2.45) is 5.92 Å². The molecule has 1 saturated carbocycles. The highest BCUT2D eigenvalue weighted by Crippen LogP contribution is 2.33. The second kappa shape index (κ2) is 4.50. The van der Waals surface area contributed by atoms with Gasteiger partial charge in [0.1, 0.15) is 0 Å². The van der Waals surface area contributed by atoms with Crippen molar-refractivity contribution >= 4 is 23.4 Å². The molecular formula is C14H19N3S. The third kappa shape index (κ3) is 1.99. The Morgan fingerprint density at radius 3 is 2.78 bits per heavy atom. The van der Waals surface area contributed by atoms with Crippen LogP contribution in [0.5, 0.6) is 0 Å². The number of imidazole rings is 1. The zero-order chi connectivity index (χ0) is 12.7. The first-order chi connectivity index (χ1) is 8.65. The van der Waals surface area contributed by atoms with Crippen LogP contribution in [0.2, 0.25) is 0 Å². The van der Waals surface area contributed by atoms with Crippen LogP contribution in [0.1, 0.15) is 44.2 Å². The summed E-state index contributed by atoms with van der Waals surface area (Å²) in [6, 6.07) is 2.65. The lowest BCUT2D eigenvalue weighted by molar-refractivity contribution is 0.291. The number of aryl methyl sites for hydroxylation is 1. The third-order valence-electron chi connectivity index (χ3n) is 4.04. The van der Waals surface area contributed by atoms with Crippen LogP contribution in [-0.4, -0.2) is 14.5 Å². The van der Waals surface area contributed by atoms with Gasteiger partial charge in [-0.05, 0) is 62.4 Å². The maximum Gasteiger partial charge on any atom is 0.179 e. The van der Waals surface area contributed by atoms with Crippen LogP contribution in [0.3, 0.4) is 0 Å². The second-order valence-electron chi connectivity index (χ2n) is 5.60. The quantitative estimate of drug-likeness (QED) is 0.782. The number of hydrogen-bond acceptors (Lipinski definition) is 2. The summed E-state index contributed by atoms with van der Waals surface area (Å²) in [4.78, 5) is 7.85. The fourth-order valence-corrected chi connectivity index (χ4v) is 3.30. The summed E-state index contributed by atoms with van der Waals surface area (Å²) in [5, 5.41) is 0. The number of aromatic nitrogens is 3. The Labute approximate surface area is 112 Å². The maximum absolute atomic E-state index is 5.47. The van der Waals surface area contributed by atoms with Gasteiger partial charge < -0.3 is 4.98 Å². The highest BCUT2D eigenvalue weighted by atomic mass is 32.1. The number of nitrogens with zero attached hydrogens (tertiary/aromatic N) is 2. The molecule has 3 nitrogen and oxygen atoms in total. The molecule has 3 rings (SSSR count). The summed E-state index contributed by atoms with van der Waals surface area (Å²) >= 11 is 5.47. The van der Waals surface area contributed by atoms with Crippen LogP contribution in [0, 0.1) is 17.6 Å². The molecule has 1 aliphatic carbocycles. The molecular weight excluding hydrogens is 242 g/mol. The SMILES string of the molecule is Cc1cnc2c(c1)[nH]c(=S)n2C1CCC(C)CC1. The van der Waals surface area contributed by atoms with Gasteiger partial charge in [0, 0.05) is 12.2 Å². The van der Waals surface area contributed by atoms with E-state index in [0.717, 1.165) is 21.9 Å². The second-order valence-corrected chi connectivity index (χ2v) is 5.98. The molecule has 0 aliphatic heterocycles. The van der Waals surface area contributed by atoms with Crippen LogP contribution in [0.4, 0.5) is 0 Å². The van der Waals surface area contributed by atoms with Crippen molar-refractivity contribution in [1.29, 1.82) is 0 Å². The number of hydrogen-bond donors (Lipinski definition) is 1. The van der Waals surface area contributed by atoms with Crippen LogP contribution in [0.15, 0.2) is 12.3 Å². The first-order valence-electron chi connectivity index (χ1n) is 6.72. The van der Waals surface area contributed by atoms with Gasteiger partial charge in [-0.1, -0.05) is 6.92 Å². The summed E-state index contributed by atoms with van der Waals surface area (Å²) in [6.45, 7) is 4.40. The first kappa shape index (κ1) is 11.9. The molecule has 2 aromatic heterocycles. The fourth-order valence-electron chi connectivity index (χ4n) is 2.96. The van der Waals surface area contributed by atoms with Gasteiger partial charge in [0.15, 0.2) is 10.4 Å². The van der Waals surface area contributed by atoms with E-state index in [2.05, 4.69) is 34.4 Å². The molecule has 2 aromatic rings. The monoisotopic (exact) mass is 261 g/mol. The van der Waals surface area contributed by atoms with Crippen molar-refractivity contribution in [2.75, 3.05) is 0 Å². The molecule has 1 fully saturated rings. The molecule has 96 valence electrons. The number of aromatic amines is 1. The van der Waals surface area contributed by atoms with E-state index in [-0.39, 0.29) is 0 Å². The molecule has 0 saturated heterocycles. The van der Waals surface area contributed by atoms with Crippen molar-refractivity contribution in [3.05, 3.63) is 22.6 Å². The third-order valence-corrected chi connectivity index (χ3v) is 4.34. The van der Waals surface area contributed by atoms with Gasteiger partial charge in [-0.3, -0.25) is 4.57 Å². The van der Waals surface area contributed by atoms with Crippen molar-refractivity contribution in [3.8, 4) is 0 Å². The smallest absolute Gasteiger partial charge is 0.179 e. The summed E-state index contributed by atoms with van der Waals surface area (Å²) in [7, 11) is 0. The molecule has 1 N–H and O–H groups in total. The van der Waals surface area contributed by atoms with Crippen LogP contribution < -0.4 is 0 Å². The normalized spacial score (nSPS) is 24.6. The minimum Gasteiger partial charge on any atom is -0.329 e. The van der Waals surface area contributed by atoms with Crippen molar-refractivity contribution in [2.45, 2.75) is 45.6 Å². The van der Waals surface area contributed by atoms with E-state index < -0.39 is 0 Å². The molecule has 18 heavy (non-hydrogen) atoms. The predicted molar refractivity (Wildman–Crippen MR) is 76.3 cm³/mol. The lowest BCUT2D eigenvalue weighted by Crippen LogP contribution is -2.17. The molecule has 2 heterocycles. The maximum atomic E-state index is 5.47. The molecule has 0 spiro atoms. The van der Waals surface area contributed by atoms with Crippen LogP contribution >= 0.6 is 12.2 Å². The van der Waals surface area contributed by atoms with Crippen molar-refractivity contribution in [1.82, 2.24) is 14.5 Å². The summed E-state index contributed by atoms with van der Waals surface area (Å²) in [5.41, 5.74) is 3.26. The highest BCUT2D eigenvalue weighted by molar-refractivity contribution is 7.71. The van der Waals surface area contributed by atoms with Gasteiger partial charge >= 0.3 is 0 Å². The standard InChI is InChI=1S/C14H19N3S/c1-9-3-5-11(6-4-9)17-13-12(16-14(17)18)7-10(2)8-15-13/h7-9,11H,3-6H2,1-2H3,(H,16,18). The summed E-state index contributed by atoms with van der Waals surface area (Å²) < 4.78 is 3.05. The van der Waals surface area contributed by atoms with E-state index in [9.17, 15) is 0 Å². The zero-order valence-electron chi connectivity index (χ0n) is 10.9. The van der Waals surface area contributed by atoms with Gasteiger partial charge in [0.25, 0.3) is 0 Å². The van der Waals surface area contributed by atoms with E-state index in [0.29, 0.717) is 6.04 Å². The van der Waals surface area contributed by atoms with Gasteiger partial charge in [-0.2, -0.15) is 0 Å². The predicted octanol–water partition coefficient (Wildman–Crippen LogP) is 4.15. The molecule has 4 heteroatoms. The Bertz CT molecular complexity index is 617. The average Bonchev–Trinajstić information content (AvgIpc) is 2.65. The van der Waals surface area contributed by atoms with E-state index in [4.69, 9.17) is 12.2 Å². The molecule has 0 atom stereocenters. The number of rotatable bonds is 1. The van der Waals surface area contributed by atoms with Gasteiger partial charge in [-0.25, -0.2) is 4.98 Å². The Morgan fingerprint density at radius 1 is 1.33 bits per heavy atom. The number of H-pyrrole nitrogens is 1. The topological polar surface area (TPSA) is 33.6 Å². The Morgan fingerprint density at radius 2 is 2.06 bits per heavy atom. The molecule has 0 aromatic carbocycles. The minimum atomic E-state index is 0.526. The molecule has 1 aliphatic rings. The van der Waals surface area contributed by atoms with Gasteiger partial charge in [-0.15, -0.1) is 0 Å². The van der Waals surface area contributed by atoms with E-state index >= 15 is 0 Å². The van der Waals surface area contributed by atoms with E-state index in [1.54, 1.807) is 0 Å². The van der Waals surface area contributed by atoms with Crippen LogP contribution in [0.25, 0.3) is 11.2 Å². The molecule has 0 amide bonds. The van der Waals surface area contributed by atoms with Crippen LogP contribution in [-0.2, 0) is 0 Å². The van der Waals surface area contributed by atoms with E-state index in [1.165, 1.54) is 31.2 Å². The lowest BCUT2D eigenvalue weighted by Gasteiger charge is -2.27. The zero-order valence-corrected chi connectivity index (χ0v) is 11.8. The number of nitrogens with one attached hydrogen (secondary N) is 1. The molecule has 0 unspecified atom stereocenters. The lowest BCUT2D eigenvalue weighted by atomic mass is 9.87. The Kier molecular flexibility index (Phi) is 2.98. The van der Waals surface area contributed by atoms with Crippen molar-refractivity contribution in [3.63, 3.8) is 0 Å². The van der Waals surface area contributed by atoms with Gasteiger partial charge in [0.05, 0.1) is 5.52 Å². The highest BCUT2D eigenvalue weighted by Gasteiger charge is 2.22. The number of fused-ring (bicyclic) bond motifs is 1. The first-order valence-corrected chi connectivity index (χ1v) is 7.13. The Balaban J connectivity index is 2.06. The fraction of sp³-hybridized carbons (Fsp3) is 0.571. The Hall–Kier alpha value is -1.16.